The number of phenols is 1. The topological polar surface area (TPSA) is 46.5 Å². The van der Waals surface area contributed by atoms with Gasteiger partial charge in [0.15, 0.2) is 0 Å². The molecule has 1 aromatic carbocycles. The van der Waals surface area contributed by atoms with Crippen LogP contribution in [0.5, 0.6) is 5.75 Å². The monoisotopic (exact) mass is 180 g/mol. The zero-order valence-corrected chi connectivity index (χ0v) is 7.49. The van der Waals surface area contributed by atoms with Crippen molar-refractivity contribution in [2.75, 3.05) is 6.61 Å². The van der Waals surface area contributed by atoms with E-state index in [-0.39, 0.29) is 5.75 Å². The third-order valence-corrected chi connectivity index (χ3v) is 1.70. The number of carbonyl (C=O) groups excluding carboxylic acids is 1. The highest BCUT2D eigenvalue weighted by Gasteiger charge is 2.01. The van der Waals surface area contributed by atoms with Gasteiger partial charge in [-0.3, -0.25) is 4.79 Å². The Morgan fingerprint density at radius 3 is 2.92 bits per heavy atom. The molecule has 1 aromatic rings. The predicted octanol–water partition coefficient (Wildman–Crippen LogP) is 1.74. The van der Waals surface area contributed by atoms with Gasteiger partial charge in [-0.15, -0.1) is 0 Å². The molecule has 70 valence electrons. The van der Waals surface area contributed by atoms with E-state index in [1.807, 2.05) is 6.92 Å². The van der Waals surface area contributed by atoms with E-state index in [9.17, 15) is 9.90 Å². The van der Waals surface area contributed by atoms with Crippen molar-refractivity contribution in [2.45, 2.75) is 13.5 Å². The van der Waals surface area contributed by atoms with Gasteiger partial charge in [-0.05, 0) is 25.1 Å². The number of benzene rings is 1. The standard InChI is InChI=1S/C10H12O3/c1-2-13-7-9-5-8(6-11)3-4-10(9)12/h3-6,12H,2,7H2,1H3. The summed E-state index contributed by atoms with van der Waals surface area (Å²) >= 11 is 0. The summed E-state index contributed by atoms with van der Waals surface area (Å²) in [6.45, 7) is 2.80. The second kappa shape index (κ2) is 4.62. The van der Waals surface area contributed by atoms with Gasteiger partial charge in [0.2, 0.25) is 0 Å². The summed E-state index contributed by atoms with van der Waals surface area (Å²) in [6, 6.07) is 4.69. The molecule has 0 saturated heterocycles. The second-order valence-corrected chi connectivity index (χ2v) is 2.64. The molecule has 13 heavy (non-hydrogen) atoms. The third kappa shape index (κ3) is 2.56. The summed E-state index contributed by atoms with van der Waals surface area (Å²) in [6.07, 6.45) is 0.745. The molecule has 0 aliphatic carbocycles. The minimum atomic E-state index is 0.166. The average Bonchev–Trinajstić information content (AvgIpc) is 2.17. The van der Waals surface area contributed by atoms with E-state index in [2.05, 4.69) is 0 Å². The van der Waals surface area contributed by atoms with Crippen LogP contribution in [0, 0.1) is 0 Å². The van der Waals surface area contributed by atoms with Crippen LogP contribution in [0.4, 0.5) is 0 Å². The van der Waals surface area contributed by atoms with Crippen LogP contribution < -0.4 is 0 Å². The first-order valence-corrected chi connectivity index (χ1v) is 4.12. The maximum atomic E-state index is 10.4. The van der Waals surface area contributed by atoms with Crippen LogP contribution >= 0.6 is 0 Å². The molecule has 0 unspecified atom stereocenters. The molecule has 0 atom stereocenters. The average molecular weight is 180 g/mol. The van der Waals surface area contributed by atoms with Gasteiger partial charge in [-0.2, -0.15) is 0 Å². The van der Waals surface area contributed by atoms with E-state index in [1.165, 1.54) is 6.07 Å². The fraction of sp³-hybridized carbons (Fsp3) is 0.300. The van der Waals surface area contributed by atoms with E-state index < -0.39 is 0 Å². The fourth-order valence-electron chi connectivity index (χ4n) is 1.01. The van der Waals surface area contributed by atoms with E-state index in [0.29, 0.717) is 24.3 Å². The van der Waals surface area contributed by atoms with E-state index in [4.69, 9.17) is 4.74 Å². The first-order chi connectivity index (χ1) is 6.27. The van der Waals surface area contributed by atoms with Gasteiger partial charge < -0.3 is 9.84 Å². The molecule has 0 amide bonds. The molecule has 1 N–H and O–H groups in total. The molecular formula is C10H12O3. The van der Waals surface area contributed by atoms with Crippen molar-refractivity contribution in [1.82, 2.24) is 0 Å². The minimum Gasteiger partial charge on any atom is -0.508 e. The maximum Gasteiger partial charge on any atom is 0.150 e. The second-order valence-electron chi connectivity index (χ2n) is 2.64. The summed E-state index contributed by atoms with van der Waals surface area (Å²) in [7, 11) is 0. The first-order valence-electron chi connectivity index (χ1n) is 4.12. The van der Waals surface area contributed by atoms with Gasteiger partial charge in [0.1, 0.15) is 12.0 Å². The lowest BCUT2D eigenvalue weighted by molar-refractivity contribution is 0.112. The zero-order valence-electron chi connectivity index (χ0n) is 7.49. The highest BCUT2D eigenvalue weighted by molar-refractivity contribution is 5.75. The number of hydrogen-bond acceptors (Lipinski definition) is 3. The van der Waals surface area contributed by atoms with Gasteiger partial charge in [0.25, 0.3) is 0 Å². The van der Waals surface area contributed by atoms with Gasteiger partial charge in [-0.1, -0.05) is 0 Å². The molecule has 3 nitrogen and oxygen atoms in total. The molecule has 3 heteroatoms. The van der Waals surface area contributed by atoms with Crippen LogP contribution in [-0.4, -0.2) is 18.0 Å². The van der Waals surface area contributed by atoms with Crippen molar-refractivity contribution in [3.8, 4) is 5.75 Å². The summed E-state index contributed by atoms with van der Waals surface area (Å²) in [5, 5.41) is 9.36. The molecule has 0 aromatic heterocycles. The maximum absolute atomic E-state index is 10.4. The Hall–Kier alpha value is -1.35. The number of aromatic hydroxyl groups is 1. The quantitative estimate of drug-likeness (QED) is 0.718. The molecule has 0 fully saturated rings. The zero-order chi connectivity index (χ0) is 9.68. The van der Waals surface area contributed by atoms with Gasteiger partial charge >= 0.3 is 0 Å². The van der Waals surface area contributed by atoms with Crippen molar-refractivity contribution in [1.29, 1.82) is 0 Å². The van der Waals surface area contributed by atoms with Gasteiger partial charge in [0, 0.05) is 17.7 Å². The normalized spacial score (nSPS) is 9.92. The summed E-state index contributed by atoms with van der Waals surface area (Å²) in [5.41, 5.74) is 1.19. The SMILES string of the molecule is CCOCc1cc(C=O)ccc1O. The molecule has 0 bridgehead atoms. The Morgan fingerprint density at radius 2 is 2.31 bits per heavy atom. The minimum absolute atomic E-state index is 0.166. The van der Waals surface area contributed by atoms with Crippen LogP contribution in [0.3, 0.4) is 0 Å². The number of phenolic OH excluding ortho intramolecular Hbond substituents is 1. The van der Waals surface area contributed by atoms with Gasteiger partial charge in [0.05, 0.1) is 6.61 Å². The van der Waals surface area contributed by atoms with Crippen molar-refractivity contribution < 1.29 is 14.6 Å². The largest absolute Gasteiger partial charge is 0.508 e. The molecule has 0 radical (unpaired) electrons. The third-order valence-electron chi connectivity index (χ3n) is 1.70. The molecule has 1 rings (SSSR count). The van der Waals surface area contributed by atoms with Crippen LogP contribution in [0.15, 0.2) is 18.2 Å². The lowest BCUT2D eigenvalue weighted by atomic mass is 10.1. The van der Waals surface area contributed by atoms with Crippen molar-refractivity contribution in [3.05, 3.63) is 29.3 Å². The number of ether oxygens (including phenoxy) is 1. The van der Waals surface area contributed by atoms with Gasteiger partial charge in [-0.25, -0.2) is 0 Å². The molecule has 0 heterocycles. The summed E-state index contributed by atoms with van der Waals surface area (Å²) < 4.78 is 5.12. The van der Waals surface area contributed by atoms with Crippen LogP contribution in [0.2, 0.25) is 0 Å². The van der Waals surface area contributed by atoms with Crippen LogP contribution in [-0.2, 0) is 11.3 Å². The lowest BCUT2D eigenvalue weighted by Gasteiger charge is -2.04. The number of aldehydes is 1. The van der Waals surface area contributed by atoms with E-state index in [0.717, 1.165) is 6.29 Å². The highest BCUT2D eigenvalue weighted by atomic mass is 16.5. The number of carbonyl (C=O) groups is 1. The van der Waals surface area contributed by atoms with Crippen LogP contribution in [0.1, 0.15) is 22.8 Å². The molecule has 0 aliphatic heterocycles. The number of hydrogen-bond donors (Lipinski definition) is 1. The Kier molecular flexibility index (Phi) is 3.46. The van der Waals surface area contributed by atoms with Crippen molar-refractivity contribution in [2.24, 2.45) is 0 Å². The molecule has 0 aliphatic rings. The summed E-state index contributed by atoms with van der Waals surface area (Å²) in [4.78, 5) is 10.4. The first kappa shape index (κ1) is 9.74. The van der Waals surface area contributed by atoms with E-state index >= 15 is 0 Å². The van der Waals surface area contributed by atoms with Crippen molar-refractivity contribution >= 4 is 6.29 Å². The number of rotatable bonds is 4. The smallest absolute Gasteiger partial charge is 0.150 e. The molecule has 0 spiro atoms. The highest BCUT2D eigenvalue weighted by Crippen LogP contribution is 2.18. The lowest BCUT2D eigenvalue weighted by Crippen LogP contribution is -1.93. The molecular weight excluding hydrogens is 168 g/mol. The predicted molar refractivity (Wildman–Crippen MR) is 48.8 cm³/mol. The van der Waals surface area contributed by atoms with E-state index in [1.54, 1.807) is 12.1 Å². The molecule has 0 saturated carbocycles. The Balaban J connectivity index is 2.83. The Bertz CT molecular complexity index is 294. The Morgan fingerprint density at radius 1 is 1.54 bits per heavy atom. The Labute approximate surface area is 77.0 Å². The van der Waals surface area contributed by atoms with Crippen LogP contribution in [0.25, 0.3) is 0 Å². The van der Waals surface area contributed by atoms with Crippen molar-refractivity contribution in [3.63, 3.8) is 0 Å². The summed E-state index contributed by atoms with van der Waals surface area (Å²) in [5.74, 6) is 0.166. The fourth-order valence-corrected chi connectivity index (χ4v) is 1.01.